The molecule has 0 aliphatic heterocycles. The topological polar surface area (TPSA) is 129 Å². The maximum Gasteiger partial charge on any atom is 0.416 e. The average molecular weight is 944 g/mol. The van der Waals surface area contributed by atoms with E-state index < -0.39 is 53.2 Å². The zero-order chi connectivity index (χ0) is 49.6. The Balaban J connectivity index is 0.000000255. The summed E-state index contributed by atoms with van der Waals surface area (Å²) in [6, 6.07) is 37.9. The van der Waals surface area contributed by atoms with Crippen LogP contribution >= 0.6 is 0 Å². The van der Waals surface area contributed by atoms with E-state index in [0.717, 1.165) is 46.5 Å². The number of carbonyl (C=O) groups excluding carboxylic acids is 3. The highest BCUT2D eigenvalue weighted by Crippen LogP contribution is 2.33. The number of carboxylic acids is 1. The first-order valence-electron chi connectivity index (χ1n) is 20.8. The summed E-state index contributed by atoms with van der Waals surface area (Å²) in [6.45, 7) is 0.453. The molecule has 0 spiro atoms. The van der Waals surface area contributed by atoms with Crippen LogP contribution in [0, 0.1) is 0 Å². The Kier molecular flexibility index (Phi) is 17.5. The van der Waals surface area contributed by atoms with E-state index in [4.69, 9.17) is 14.2 Å². The molecule has 0 saturated carbocycles. The fourth-order valence-electron chi connectivity index (χ4n) is 6.82. The van der Waals surface area contributed by atoms with Crippen LogP contribution in [0.3, 0.4) is 0 Å². The van der Waals surface area contributed by atoms with Crippen molar-refractivity contribution in [3.8, 4) is 33.8 Å². The molecule has 16 heteroatoms. The van der Waals surface area contributed by atoms with Gasteiger partial charge < -0.3 is 29.0 Å². The number of carboxylic acid groups (broad SMARTS) is 1. The van der Waals surface area contributed by atoms with Crippen LogP contribution in [0.5, 0.6) is 11.5 Å². The minimum atomic E-state index is -4.38. The van der Waals surface area contributed by atoms with E-state index in [-0.39, 0.29) is 32.0 Å². The average Bonchev–Trinajstić information content (AvgIpc) is 3.33. The number of amides is 1. The molecule has 356 valence electrons. The first-order chi connectivity index (χ1) is 32.2. The standard InChI is InChI=1S/C27H26F3NO4.C25H21F3O5/c1-31(2)26(33)24(16-25(32)34-3)20-9-13-23(14-10-20)35-17-18-5-4-6-21(15-18)19-7-11-22(12-8-19)27(28,29)30;1-32-23(29)14-22(24(30)31)18-7-11-21(12-8-18)33-15-16-3-2-4-19(13-16)17-5-9-20(10-6-17)25(26,27)28/h4-15,24H,16-17H2,1-3H3;2-13,22H,14-15H2,1H3,(H,30,31)/t24-;22-/m00/s1. The summed E-state index contributed by atoms with van der Waals surface area (Å²) in [5.41, 5.74) is 4.25. The molecule has 6 aromatic rings. The second-order valence-electron chi connectivity index (χ2n) is 15.5. The fraction of sp³-hybridized carbons (Fsp3) is 0.231. The van der Waals surface area contributed by atoms with E-state index in [9.17, 15) is 50.6 Å². The van der Waals surface area contributed by atoms with Gasteiger partial charge in [0.05, 0.1) is 50.0 Å². The third-order valence-electron chi connectivity index (χ3n) is 10.6. The summed E-state index contributed by atoms with van der Waals surface area (Å²) < 4.78 is 97.6. The van der Waals surface area contributed by atoms with Gasteiger partial charge in [-0.3, -0.25) is 19.2 Å². The molecule has 10 nitrogen and oxygen atoms in total. The van der Waals surface area contributed by atoms with Crippen molar-refractivity contribution in [2.75, 3.05) is 28.3 Å². The van der Waals surface area contributed by atoms with Crippen LogP contribution in [0.4, 0.5) is 26.3 Å². The molecule has 0 unspecified atom stereocenters. The lowest BCUT2D eigenvalue weighted by Gasteiger charge is -2.20. The molecule has 0 bridgehead atoms. The molecule has 1 amide bonds. The summed E-state index contributed by atoms with van der Waals surface area (Å²) >= 11 is 0. The van der Waals surface area contributed by atoms with Gasteiger partial charge in [0.1, 0.15) is 24.7 Å². The van der Waals surface area contributed by atoms with E-state index in [2.05, 4.69) is 4.74 Å². The van der Waals surface area contributed by atoms with Crippen molar-refractivity contribution in [1.82, 2.24) is 4.90 Å². The van der Waals surface area contributed by atoms with E-state index in [1.54, 1.807) is 74.8 Å². The molecule has 0 radical (unpaired) electrons. The van der Waals surface area contributed by atoms with Crippen LogP contribution in [0.25, 0.3) is 22.3 Å². The highest BCUT2D eigenvalue weighted by Gasteiger charge is 2.31. The van der Waals surface area contributed by atoms with E-state index >= 15 is 0 Å². The Labute approximate surface area is 388 Å². The zero-order valence-electron chi connectivity index (χ0n) is 37.3. The number of rotatable bonds is 16. The number of hydrogen-bond donors (Lipinski definition) is 1. The van der Waals surface area contributed by atoms with Crippen molar-refractivity contribution in [1.29, 1.82) is 0 Å². The monoisotopic (exact) mass is 943 g/mol. The van der Waals surface area contributed by atoms with Crippen LogP contribution in [0.15, 0.2) is 146 Å². The van der Waals surface area contributed by atoms with E-state index in [1.807, 2.05) is 36.4 Å². The lowest BCUT2D eigenvalue weighted by atomic mass is 9.94. The van der Waals surface area contributed by atoms with E-state index in [1.165, 1.54) is 43.4 Å². The summed E-state index contributed by atoms with van der Waals surface area (Å²) in [5, 5.41) is 9.37. The molecule has 6 aromatic carbocycles. The maximum atomic E-state index is 12.8. The van der Waals surface area contributed by atoms with Gasteiger partial charge in [0.25, 0.3) is 0 Å². The van der Waals surface area contributed by atoms with Crippen molar-refractivity contribution in [3.05, 3.63) is 179 Å². The molecular formula is C52H47F6NO9. The molecule has 68 heavy (non-hydrogen) atoms. The van der Waals surface area contributed by atoms with Gasteiger partial charge in [-0.25, -0.2) is 0 Å². The number of likely N-dealkylation sites (N-methyl/N-ethyl adjacent to an activating group) is 1. The van der Waals surface area contributed by atoms with Gasteiger partial charge in [0, 0.05) is 14.1 Å². The maximum absolute atomic E-state index is 12.8. The van der Waals surface area contributed by atoms with Gasteiger partial charge >= 0.3 is 30.3 Å². The third kappa shape index (κ3) is 14.7. The Hall–Kier alpha value is -7.62. The lowest BCUT2D eigenvalue weighted by Crippen LogP contribution is -2.30. The van der Waals surface area contributed by atoms with Gasteiger partial charge in [0.15, 0.2) is 0 Å². The largest absolute Gasteiger partial charge is 0.489 e. The first kappa shape index (κ1) is 51.4. The SMILES string of the molecule is COC(=O)C[C@H](C(=O)N(C)C)c1ccc(OCc2cccc(-c3ccc(C(F)(F)F)cc3)c2)cc1.COC(=O)C[C@H](C(=O)O)c1ccc(OCc2cccc(-c3ccc(C(F)(F)F)cc3)c2)cc1. The number of esters is 2. The third-order valence-corrected chi connectivity index (χ3v) is 10.6. The zero-order valence-corrected chi connectivity index (χ0v) is 37.3. The first-order valence-corrected chi connectivity index (χ1v) is 20.8. The smallest absolute Gasteiger partial charge is 0.416 e. The van der Waals surface area contributed by atoms with Crippen molar-refractivity contribution in [2.24, 2.45) is 0 Å². The lowest BCUT2D eigenvalue weighted by molar-refractivity contribution is -0.147. The van der Waals surface area contributed by atoms with Crippen LogP contribution in [0.2, 0.25) is 0 Å². The van der Waals surface area contributed by atoms with Crippen LogP contribution in [-0.2, 0) is 54.2 Å². The van der Waals surface area contributed by atoms with Crippen molar-refractivity contribution in [2.45, 2.75) is 50.2 Å². The number of ether oxygens (including phenoxy) is 4. The molecule has 0 aliphatic carbocycles. The summed E-state index contributed by atoms with van der Waals surface area (Å²) in [4.78, 5) is 48.7. The number of carbonyl (C=O) groups is 4. The minimum absolute atomic E-state index is 0.0650. The normalized spacial score (nSPS) is 12.1. The molecule has 1 N–H and O–H groups in total. The highest BCUT2D eigenvalue weighted by atomic mass is 19.4. The second kappa shape index (κ2) is 23.2. The predicted molar refractivity (Wildman–Crippen MR) is 240 cm³/mol. The van der Waals surface area contributed by atoms with E-state index in [0.29, 0.717) is 33.8 Å². The van der Waals surface area contributed by atoms with Crippen molar-refractivity contribution >= 4 is 23.8 Å². The predicted octanol–water partition coefficient (Wildman–Crippen LogP) is 11.4. The van der Waals surface area contributed by atoms with Crippen LogP contribution in [0.1, 0.15) is 58.1 Å². The second-order valence-corrected chi connectivity index (χ2v) is 15.5. The summed E-state index contributed by atoms with van der Waals surface area (Å²) in [5.74, 6) is -3.03. The van der Waals surface area contributed by atoms with Gasteiger partial charge in [-0.05, 0) is 105 Å². The molecule has 0 heterocycles. The number of methoxy groups -OCH3 is 2. The Morgan fingerprint density at radius 3 is 1.22 bits per heavy atom. The summed E-state index contributed by atoms with van der Waals surface area (Å²) in [6.07, 6.45) is -9.09. The number of aliphatic carboxylic acids is 1. The number of halogens is 6. The molecule has 0 saturated heterocycles. The molecule has 0 aliphatic rings. The summed E-state index contributed by atoms with van der Waals surface area (Å²) in [7, 11) is 5.74. The quantitative estimate of drug-likeness (QED) is 0.0745. The van der Waals surface area contributed by atoms with Gasteiger partial charge in [-0.15, -0.1) is 0 Å². The van der Waals surface area contributed by atoms with Gasteiger partial charge in [-0.2, -0.15) is 26.3 Å². The number of alkyl halides is 6. The molecule has 6 rings (SSSR count). The van der Waals surface area contributed by atoms with Crippen LogP contribution < -0.4 is 9.47 Å². The van der Waals surface area contributed by atoms with Crippen LogP contribution in [-0.4, -0.2) is 62.1 Å². The van der Waals surface area contributed by atoms with Crippen molar-refractivity contribution < 1.29 is 69.6 Å². The number of hydrogen-bond acceptors (Lipinski definition) is 8. The van der Waals surface area contributed by atoms with Crippen molar-refractivity contribution in [3.63, 3.8) is 0 Å². The highest BCUT2D eigenvalue weighted by molar-refractivity contribution is 5.88. The Morgan fingerprint density at radius 2 is 0.882 bits per heavy atom. The number of benzene rings is 6. The molecule has 0 fully saturated rings. The molecule has 2 atom stereocenters. The Morgan fingerprint density at radius 1 is 0.515 bits per heavy atom. The molecular weight excluding hydrogens is 897 g/mol. The molecule has 0 aromatic heterocycles. The van der Waals surface area contributed by atoms with Gasteiger partial charge in [0.2, 0.25) is 5.91 Å². The fourth-order valence-corrected chi connectivity index (χ4v) is 6.82. The Bertz CT molecular complexity index is 2630. The minimum Gasteiger partial charge on any atom is -0.489 e. The number of nitrogens with zero attached hydrogens (tertiary/aromatic N) is 1. The van der Waals surface area contributed by atoms with Gasteiger partial charge in [-0.1, -0.05) is 84.9 Å².